The maximum atomic E-state index is 14.8. The zero-order valence-electron chi connectivity index (χ0n) is 18.8. The predicted molar refractivity (Wildman–Crippen MR) is 125 cm³/mol. The van der Waals surface area contributed by atoms with Crippen LogP contribution >= 0.6 is 0 Å². The zero-order chi connectivity index (χ0) is 22.9. The Hall–Kier alpha value is -2.97. The van der Waals surface area contributed by atoms with E-state index in [1.54, 1.807) is 24.4 Å². The van der Waals surface area contributed by atoms with Crippen LogP contribution in [0, 0.1) is 12.7 Å². The summed E-state index contributed by atoms with van der Waals surface area (Å²) >= 11 is 0. The van der Waals surface area contributed by atoms with Crippen molar-refractivity contribution in [2.75, 3.05) is 13.1 Å². The first-order chi connectivity index (χ1) is 16.0. The van der Waals surface area contributed by atoms with Gasteiger partial charge in [0.15, 0.2) is 11.6 Å². The van der Waals surface area contributed by atoms with Gasteiger partial charge in [-0.3, -0.25) is 4.79 Å². The minimum Gasteiger partial charge on any atom is -0.453 e. The number of likely N-dealkylation sites (tertiary alicyclic amines) is 1. The van der Waals surface area contributed by atoms with E-state index in [2.05, 4.69) is 15.3 Å². The molecule has 3 aromatic rings. The molecule has 33 heavy (non-hydrogen) atoms. The number of piperidine rings is 1. The van der Waals surface area contributed by atoms with Gasteiger partial charge in [0.25, 0.3) is 0 Å². The molecule has 7 nitrogen and oxygen atoms in total. The minimum absolute atomic E-state index is 0.0669. The van der Waals surface area contributed by atoms with E-state index in [-0.39, 0.29) is 18.1 Å². The van der Waals surface area contributed by atoms with E-state index in [4.69, 9.17) is 10.5 Å². The molecule has 2 aliphatic rings. The maximum Gasteiger partial charge on any atom is 0.239 e. The summed E-state index contributed by atoms with van der Waals surface area (Å²) in [5.41, 5.74) is 8.55. The number of rotatable bonds is 7. The Bertz CT molecular complexity index is 1150. The predicted octanol–water partition coefficient (Wildman–Crippen LogP) is 3.42. The Balaban J connectivity index is 1.20. The van der Waals surface area contributed by atoms with Gasteiger partial charge in [0.2, 0.25) is 5.91 Å². The van der Waals surface area contributed by atoms with Crippen LogP contribution in [0.15, 0.2) is 36.7 Å². The van der Waals surface area contributed by atoms with Crippen molar-refractivity contribution in [2.24, 2.45) is 5.73 Å². The lowest BCUT2D eigenvalue weighted by atomic mass is 10.0. The standard InChI is InChI=1S/C25H30FN5O2/c1-15-14-29-24-23(15)22(6-9-28-24)33-21-5-2-16(12-19(21)26)13-20(27)25(32)31-10-7-18(8-11-31)30-17-3-4-17/h2,5-6,9,12,14,17-18,20,30H,3-4,7-8,10-11,13,27H2,1H3,(H,28,29)/t20-/m0/s1. The Kier molecular flexibility index (Phi) is 6.03. The highest BCUT2D eigenvalue weighted by molar-refractivity contribution is 5.86. The van der Waals surface area contributed by atoms with E-state index in [0.29, 0.717) is 29.0 Å². The molecule has 174 valence electrons. The van der Waals surface area contributed by atoms with Crippen molar-refractivity contribution in [3.05, 3.63) is 53.6 Å². The summed E-state index contributed by atoms with van der Waals surface area (Å²) in [6.45, 7) is 3.38. The van der Waals surface area contributed by atoms with Gasteiger partial charge in [-0.15, -0.1) is 0 Å². The summed E-state index contributed by atoms with van der Waals surface area (Å²) in [4.78, 5) is 22.0. The smallest absolute Gasteiger partial charge is 0.239 e. The van der Waals surface area contributed by atoms with Crippen LogP contribution in [-0.2, 0) is 11.2 Å². The number of nitrogens with one attached hydrogen (secondary N) is 2. The lowest BCUT2D eigenvalue weighted by molar-refractivity contribution is -0.133. The molecule has 1 aromatic carbocycles. The molecule has 8 heteroatoms. The van der Waals surface area contributed by atoms with Gasteiger partial charge in [-0.1, -0.05) is 6.07 Å². The van der Waals surface area contributed by atoms with Crippen LogP contribution in [-0.4, -0.2) is 52.0 Å². The first kappa shape index (κ1) is 21.9. The van der Waals surface area contributed by atoms with Crippen LogP contribution in [0.1, 0.15) is 36.8 Å². The molecule has 1 atom stereocenters. The molecule has 2 aromatic heterocycles. The monoisotopic (exact) mass is 451 g/mol. The van der Waals surface area contributed by atoms with Crippen LogP contribution in [0.25, 0.3) is 11.0 Å². The second kappa shape index (κ2) is 9.11. The molecule has 0 bridgehead atoms. The highest BCUT2D eigenvalue weighted by Crippen LogP contribution is 2.32. The van der Waals surface area contributed by atoms with Gasteiger partial charge in [-0.2, -0.15) is 0 Å². The van der Waals surface area contributed by atoms with Gasteiger partial charge in [-0.05, 0) is 68.4 Å². The second-order valence-electron chi connectivity index (χ2n) is 9.22. The Morgan fingerprint density at radius 3 is 2.73 bits per heavy atom. The van der Waals surface area contributed by atoms with Gasteiger partial charge in [0.1, 0.15) is 11.4 Å². The van der Waals surface area contributed by atoms with Crippen LogP contribution < -0.4 is 15.8 Å². The van der Waals surface area contributed by atoms with Crippen LogP contribution in [0.4, 0.5) is 4.39 Å². The van der Waals surface area contributed by atoms with Gasteiger partial charge in [0.05, 0.1) is 11.4 Å². The van der Waals surface area contributed by atoms with E-state index >= 15 is 0 Å². The van der Waals surface area contributed by atoms with E-state index in [9.17, 15) is 9.18 Å². The Morgan fingerprint density at radius 2 is 2.00 bits per heavy atom. The number of nitrogens with zero attached hydrogens (tertiary/aromatic N) is 2. The molecule has 1 amide bonds. The normalized spacial score (nSPS) is 18.0. The summed E-state index contributed by atoms with van der Waals surface area (Å²) in [6, 6.07) is 6.95. The van der Waals surface area contributed by atoms with Gasteiger partial charge in [0, 0.05) is 37.6 Å². The number of H-pyrrole nitrogens is 1. The molecular formula is C25H30FN5O2. The number of hydrogen-bond donors (Lipinski definition) is 3. The summed E-state index contributed by atoms with van der Waals surface area (Å²) in [7, 11) is 0. The summed E-state index contributed by atoms with van der Waals surface area (Å²) in [5, 5.41) is 4.46. The molecular weight excluding hydrogens is 421 g/mol. The first-order valence-corrected chi connectivity index (χ1v) is 11.7. The number of ether oxygens (including phenoxy) is 1. The molecule has 5 rings (SSSR count). The highest BCUT2D eigenvalue weighted by Gasteiger charge is 2.30. The number of carbonyl (C=O) groups is 1. The van der Waals surface area contributed by atoms with Crippen molar-refractivity contribution in [3.8, 4) is 11.5 Å². The minimum atomic E-state index is -0.688. The fourth-order valence-electron chi connectivity index (χ4n) is 4.57. The number of aryl methyl sites for hydroxylation is 1. The van der Waals surface area contributed by atoms with Gasteiger partial charge in [-0.25, -0.2) is 9.37 Å². The fourth-order valence-corrected chi connectivity index (χ4v) is 4.57. The molecule has 2 fully saturated rings. The van der Waals surface area contributed by atoms with Crippen molar-refractivity contribution < 1.29 is 13.9 Å². The number of nitrogens with two attached hydrogens (primary N) is 1. The second-order valence-corrected chi connectivity index (χ2v) is 9.22. The number of fused-ring (bicyclic) bond motifs is 1. The van der Waals surface area contributed by atoms with E-state index < -0.39 is 11.9 Å². The van der Waals surface area contributed by atoms with Crippen LogP contribution in [0.5, 0.6) is 11.5 Å². The SMILES string of the molecule is Cc1c[nH]c2nccc(Oc3ccc(C[C@H](N)C(=O)N4CCC(NC5CC5)CC4)cc3F)c12. The molecule has 1 aliphatic heterocycles. The molecule has 1 saturated heterocycles. The summed E-state index contributed by atoms with van der Waals surface area (Å²) in [6.07, 6.45) is 8.19. The number of aromatic nitrogens is 2. The van der Waals surface area contributed by atoms with Crippen molar-refractivity contribution in [1.29, 1.82) is 0 Å². The fraction of sp³-hybridized carbons (Fsp3) is 0.440. The van der Waals surface area contributed by atoms with Crippen molar-refractivity contribution in [3.63, 3.8) is 0 Å². The number of pyridine rings is 1. The summed E-state index contributed by atoms with van der Waals surface area (Å²) < 4.78 is 20.7. The number of aromatic amines is 1. The summed E-state index contributed by atoms with van der Waals surface area (Å²) in [5.74, 6) is 0.105. The first-order valence-electron chi connectivity index (χ1n) is 11.7. The average Bonchev–Trinajstić information content (AvgIpc) is 3.55. The largest absolute Gasteiger partial charge is 0.453 e. The molecule has 1 aliphatic carbocycles. The van der Waals surface area contributed by atoms with Gasteiger partial charge < -0.3 is 25.7 Å². The third kappa shape index (κ3) is 4.86. The number of hydrogen-bond acceptors (Lipinski definition) is 5. The van der Waals surface area contributed by atoms with Crippen molar-refractivity contribution >= 4 is 16.9 Å². The molecule has 0 spiro atoms. The number of benzene rings is 1. The Morgan fingerprint density at radius 1 is 1.24 bits per heavy atom. The topological polar surface area (TPSA) is 96.3 Å². The van der Waals surface area contributed by atoms with Crippen molar-refractivity contribution in [1.82, 2.24) is 20.2 Å². The van der Waals surface area contributed by atoms with E-state index in [0.717, 1.165) is 36.9 Å². The number of amides is 1. The maximum absolute atomic E-state index is 14.8. The van der Waals surface area contributed by atoms with E-state index in [1.165, 1.54) is 18.9 Å². The van der Waals surface area contributed by atoms with Gasteiger partial charge >= 0.3 is 0 Å². The zero-order valence-corrected chi connectivity index (χ0v) is 18.8. The lowest BCUT2D eigenvalue weighted by Gasteiger charge is -2.34. The molecule has 0 radical (unpaired) electrons. The van der Waals surface area contributed by atoms with Crippen molar-refractivity contribution in [2.45, 2.75) is 57.2 Å². The average molecular weight is 452 g/mol. The quantitative estimate of drug-likeness (QED) is 0.512. The molecule has 1 saturated carbocycles. The van der Waals surface area contributed by atoms with Crippen LogP contribution in [0.3, 0.4) is 0 Å². The Labute approximate surface area is 192 Å². The van der Waals surface area contributed by atoms with E-state index in [1.807, 2.05) is 18.0 Å². The molecule has 4 N–H and O–H groups in total. The number of halogens is 1. The molecule has 0 unspecified atom stereocenters. The third-order valence-corrected chi connectivity index (χ3v) is 6.58. The highest BCUT2D eigenvalue weighted by atomic mass is 19.1. The van der Waals surface area contributed by atoms with Crippen LogP contribution in [0.2, 0.25) is 0 Å². The third-order valence-electron chi connectivity index (χ3n) is 6.58. The molecule has 3 heterocycles. The lowest BCUT2D eigenvalue weighted by Crippen LogP contribution is -2.51. The number of carbonyl (C=O) groups excluding carboxylic acids is 1.